The van der Waals surface area contributed by atoms with E-state index in [1.807, 2.05) is 36.1 Å². The Morgan fingerprint density at radius 2 is 1.09 bits per heavy atom. The van der Waals surface area contributed by atoms with Crippen molar-refractivity contribution in [1.82, 2.24) is 19.8 Å². The Bertz CT molecular complexity index is 3110. The number of hydrogen-bond donors (Lipinski definition) is 2. The SMILES string of the molecule is Cc1cc(CN2CCCC[C@H]2C(=O)O)c(OCc2cncc(C#N)c2)cc1OCc1cccc(-c2cccc(COc3cc(OCc4cncc(C#N)c4)c(CN4CCCC[C@H]4C(=O)O)cc3C(F)F)c2Cl)c1Cl. The molecule has 6 aromatic rings. The van der Waals surface area contributed by atoms with Crippen LogP contribution in [0.25, 0.3) is 11.1 Å². The first-order chi connectivity index (χ1) is 35.8. The Hall–Kier alpha value is -7.34. The van der Waals surface area contributed by atoms with Crippen LogP contribution in [-0.2, 0) is 49.1 Å². The van der Waals surface area contributed by atoms with Crippen molar-refractivity contribution >= 4 is 35.1 Å². The number of rotatable bonds is 20. The average Bonchev–Trinajstić information content (AvgIpc) is 3.40. The highest BCUT2D eigenvalue weighted by molar-refractivity contribution is 6.37. The molecule has 2 atom stereocenters. The fourth-order valence-corrected chi connectivity index (χ4v) is 9.93. The fourth-order valence-electron chi connectivity index (χ4n) is 9.37. The van der Waals surface area contributed by atoms with Gasteiger partial charge in [-0.1, -0.05) is 72.4 Å². The number of hydrogen-bond acceptors (Lipinski definition) is 12. The zero-order valence-electron chi connectivity index (χ0n) is 40.4. The number of halogens is 4. The van der Waals surface area contributed by atoms with E-state index in [9.17, 15) is 39.1 Å². The van der Waals surface area contributed by atoms with Gasteiger partial charge in [0.25, 0.3) is 6.43 Å². The molecule has 0 bridgehead atoms. The molecular formula is C56H52Cl2F2N6O8. The van der Waals surface area contributed by atoms with Crippen molar-refractivity contribution in [3.8, 4) is 46.3 Å². The number of ether oxygens (including phenoxy) is 4. The van der Waals surface area contributed by atoms with Gasteiger partial charge in [-0.3, -0.25) is 29.4 Å². The number of aryl methyl sites for hydroxylation is 1. The number of aliphatic carboxylic acids is 2. The molecule has 0 amide bonds. The van der Waals surface area contributed by atoms with Crippen molar-refractivity contribution in [2.75, 3.05) is 13.1 Å². The number of carboxylic acids is 2. The number of nitriles is 2. The maximum Gasteiger partial charge on any atom is 0.320 e. The highest BCUT2D eigenvalue weighted by Gasteiger charge is 2.32. The average molecular weight is 1050 g/mol. The molecule has 8 rings (SSSR count). The molecule has 0 spiro atoms. The predicted molar refractivity (Wildman–Crippen MR) is 271 cm³/mol. The lowest BCUT2D eigenvalue weighted by atomic mass is 10.00. The molecule has 2 saturated heterocycles. The normalized spacial score (nSPS) is 16.0. The van der Waals surface area contributed by atoms with E-state index in [1.165, 1.54) is 30.7 Å². The van der Waals surface area contributed by atoms with Crippen LogP contribution in [0.3, 0.4) is 0 Å². The van der Waals surface area contributed by atoms with Crippen LogP contribution >= 0.6 is 23.2 Å². The number of likely N-dealkylation sites (tertiary alicyclic amines) is 2. The van der Waals surface area contributed by atoms with Crippen molar-refractivity contribution in [2.45, 2.75) is 103 Å². The van der Waals surface area contributed by atoms with Gasteiger partial charge in [-0.05, 0) is 75.5 Å². The summed E-state index contributed by atoms with van der Waals surface area (Å²) < 4.78 is 55.1. The molecule has 4 heterocycles. The molecule has 0 saturated carbocycles. The second-order valence-corrected chi connectivity index (χ2v) is 19.0. The first kappa shape index (κ1) is 53.0. The van der Waals surface area contributed by atoms with E-state index in [0.29, 0.717) is 99.1 Å². The summed E-state index contributed by atoms with van der Waals surface area (Å²) in [6.45, 7) is 3.22. The molecular weight excluding hydrogens is 994 g/mol. The highest BCUT2D eigenvalue weighted by atomic mass is 35.5. The molecule has 14 nitrogen and oxygen atoms in total. The fraction of sp³-hybridized carbons (Fsp3) is 0.321. The number of piperidine rings is 2. The quantitative estimate of drug-likeness (QED) is 0.0734. The number of nitrogens with zero attached hydrogens (tertiary/aromatic N) is 6. The number of alkyl halides is 2. The summed E-state index contributed by atoms with van der Waals surface area (Å²) in [5.74, 6) is -0.822. The molecule has 0 aliphatic carbocycles. The van der Waals surface area contributed by atoms with Crippen molar-refractivity contribution in [1.29, 1.82) is 10.5 Å². The summed E-state index contributed by atoms with van der Waals surface area (Å²) in [4.78, 5) is 36.3. The third kappa shape index (κ3) is 12.9. The minimum atomic E-state index is -2.96. The number of pyridine rings is 2. The zero-order valence-corrected chi connectivity index (χ0v) is 41.9. The molecule has 0 radical (unpaired) electrons. The van der Waals surface area contributed by atoms with Crippen molar-refractivity contribution in [3.63, 3.8) is 0 Å². The molecule has 0 unspecified atom stereocenters. The Kier molecular flexibility index (Phi) is 17.6. The second-order valence-electron chi connectivity index (χ2n) is 18.3. The van der Waals surface area contributed by atoms with Gasteiger partial charge in [-0.2, -0.15) is 10.5 Å². The summed E-state index contributed by atoms with van der Waals surface area (Å²) in [6.07, 6.45) is 7.24. The van der Waals surface area contributed by atoms with Crippen molar-refractivity contribution < 1.29 is 47.5 Å². The van der Waals surface area contributed by atoms with Gasteiger partial charge in [0.1, 0.15) is 73.6 Å². The summed E-state index contributed by atoms with van der Waals surface area (Å²) in [5.41, 5.74) is 5.70. The Morgan fingerprint density at radius 1 is 0.635 bits per heavy atom. The number of aromatic nitrogens is 2. The lowest BCUT2D eigenvalue weighted by Gasteiger charge is -2.33. The first-order valence-electron chi connectivity index (χ1n) is 24.1. The van der Waals surface area contributed by atoms with Gasteiger partial charge < -0.3 is 29.2 Å². The molecule has 4 aromatic carbocycles. The van der Waals surface area contributed by atoms with Crippen LogP contribution in [0.5, 0.6) is 23.0 Å². The van der Waals surface area contributed by atoms with Crippen molar-refractivity contribution in [3.05, 3.63) is 163 Å². The van der Waals surface area contributed by atoms with Gasteiger partial charge in [-0.25, -0.2) is 8.78 Å². The minimum absolute atomic E-state index is 0.0384. The molecule has 2 aromatic heterocycles. The number of benzene rings is 4. The lowest BCUT2D eigenvalue weighted by Crippen LogP contribution is -2.44. The van der Waals surface area contributed by atoms with E-state index >= 15 is 0 Å². The van der Waals surface area contributed by atoms with Crippen LogP contribution in [-0.4, -0.2) is 67.1 Å². The Balaban J connectivity index is 1.03. The van der Waals surface area contributed by atoms with E-state index in [1.54, 1.807) is 53.6 Å². The van der Waals surface area contributed by atoms with Crippen LogP contribution in [0.15, 0.2) is 97.6 Å². The molecule has 382 valence electrons. The summed E-state index contributed by atoms with van der Waals surface area (Å²) in [5, 5.41) is 39.5. The smallest absolute Gasteiger partial charge is 0.320 e. The summed E-state index contributed by atoms with van der Waals surface area (Å²) in [7, 11) is 0. The highest BCUT2D eigenvalue weighted by Crippen LogP contribution is 2.41. The van der Waals surface area contributed by atoms with Gasteiger partial charge in [0, 0.05) is 94.5 Å². The zero-order chi connectivity index (χ0) is 52.3. The lowest BCUT2D eigenvalue weighted by molar-refractivity contribution is -0.145. The third-order valence-electron chi connectivity index (χ3n) is 13.2. The van der Waals surface area contributed by atoms with Crippen LogP contribution < -0.4 is 18.9 Å². The standard InChI is InChI=1S/C56H52Cl2F2N6O8/c1-34-16-41(28-65-14-4-2-12-46(65)55(67)68)49(71-30-37-17-35(22-61)24-63-26-37)20-48(34)73-32-39-8-6-10-43(52(39)57)44-11-7-9-40(53(44)58)33-74-51-21-50(72-31-38-18-36(23-62)25-64-27-38)42(19-45(51)54(59)60)29-66-15-5-3-13-47(66)56(69)70/h6-11,16-21,24-27,46-47,54H,2-5,12-15,28-33H2,1H3,(H,67,68)(H,69,70)/t46-,47-/m0/s1. The second kappa shape index (κ2) is 24.6. The molecule has 74 heavy (non-hydrogen) atoms. The maximum atomic E-state index is 15.0. The minimum Gasteiger partial charge on any atom is -0.488 e. The predicted octanol–water partition coefficient (Wildman–Crippen LogP) is 11.6. The molecule has 2 aliphatic rings. The molecule has 2 fully saturated rings. The van der Waals surface area contributed by atoms with Crippen LogP contribution in [0.4, 0.5) is 8.78 Å². The van der Waals surface area contributed by atoms with Gasteiger partial charge in [0.15, 0.2) is 0 Å². The van der Waals surface area contributed by atoms with Crippen LogP contribution in [0.1, 0.15) is 101 Å². The van der Waals surface area contributed by atoms with Crippen LogP contribution in [0.2, 0.25) is 10.0 Å². The van der Waals surface area contributed by atoms with Crippen LogP contribution in [0, 0.1) is 29.6 Å². The van der Waals surface area contributed by atoms with E-state index in [4.69, 9.17) is 42.1 Å². The summed E-state index contributed by atoms with van der Waals surface area (Å²) in [6, 6.07) is 23.1. The topological polar surface area (TPSA) is 191 Å². The maximum absolute atomic E-state index is 15.0. The summed E-state index contributed by atoms with van der Waals surface area (Å²) >= 11 is 14.2. The van der Waals surface area contributed by atoms with Gasteiger partial charge >= 0.3 is 11.9 Å². The van der Waals surface area contributed by atoms with E-state index in [-0.39, 0.29) is 49.5 Å². The molecule has 2 N–H and O–H groups in total. The Labute approximate surface area is 437 Å². The van der Waals surface area contributed by atoms with Gasteiger partial charge in [0.2, 0.25) is 0 Å². The molecule has 18 heteroatoms. The van der Waals surface area contributed by atoms with Gasteiger partial charge in [-0.15, -0.1) is 0 Å². The first-order valence-corrected chi connectivity index (χ1v) is 24.8. The monoisotopic (exact) mass is 1040 g/mol. The third-order valence-corrected chi connectivity index (χ3v) is 14.1. The number of carboxylic acid groups (broad SMARTS) is 2. The van der Waals surface area contributed by atoms with Crippen molar-refractivity contribution in [2.24, 2.45) is 0 Å². The molecule has 2 aliphatic heterocycles. The Morgan fingerprint density at radius 3 is 1.57 bits per heavy atom. The van der Waals surface area contributed by atoms with Gasteiger partial charge in [0.05, 0.1) is 26.7 Å². The largest absolute Gasteiger partial charge is 0.488 e. The number of carbonyl (C=O) groups is 2. The van der Waals surface area contributed by atoms with E-state index in [0.717, 1.165) is 36.8 Å². The van der Waals surface area contributed by atoms with E-state index in [2.05, 4.69) is 16.0 Å². The van der Waals surface area contributed by atoms with E-state index < -0.39 is 36.0 Å².